The summed E-state index contributed by atoms with van der Waals surface area (Å²) in [5, 5.41) is 0. The van der Waals surface area contributed by atoms with Gasteiger partial charge in [-0.05, 0) is 0 Å². The molecule has 0 bridgehead atoms. The maximum Gasteiger partial charge on any atom is 0 e. The average molecular weight is 273 g/mol. The Labute approximate surface area is 95.1 Å². The second kappa shape index (κ2) is 17.3. The topological polar surface area (TPSA) is 0 Å². The second-order valence-corrected chi connectivity index (χ2v) is 2.62. The average Bonchev–Trinajstić information content (AvgIpc) is 1.89. The van der Waals surface area contributed by atoms with Crippen molar-refractivity contribution in [2.75, 3.05) is 0 Å². The second-order valence-electron chi connectivity index (χ2n) is 2.62. The first-order valence-corrected chi connectivity index (χ1v) is 4.21. The van der Waals surface area contributed by atoms with Crippen molar-refractivity contribution < 1.29 is 36.5 Å². The van der Waals surface area contributed by atoms with Crippen LogP contribution in [-0.2, 0) is 19.5 Å². The molecule has 0 fully saturated rings. The van der Waals surface area contributed by atoms with E-state index in [2.05, 4.69) is 13.8 Å². The summed E-state index contributed by atoms with van der Waals surface area (Å²) < 4.78 is 0. The van der Waals surface area contributed by atoms with Crippen molar-refractivity contribution >= 4 is 0 Å². The molecule has 11 heavy (non-hydrogen) atoms. The summed E-state index contributed by atoms with van der Waals surface area (Å²) in [6.07, 6.45) is 9.45. The van der Waals surface area contributed by atoms with E-state index in [1.165, 1.54) is 38.5 Å². The van der Waals surface area contributed by atoms with Crippen molar-refractivity contribution in [3.8, 4) is 0 Å². The molecule has 0 aliphatic rings. The molecule has 0 heterocycles. The van der Waals surface area contributed by atoms with Gasteiger partial charge in [-0.15, -0.1) is 0 Å². The molecule has 65 valence electrons. The molecule has 0 rings (SSSR count). The fourth-order valence-electron chi connectivity index (χ4n) is 0.957. The first-order valence-electron chi connectivity index (χ1n) is 4.21. The summed E-state index contributed by atoms with van der Waals surface area (Å²) in [5.41, 5.74) is 0. The quantitative estimate of drug-likeness (QED) is 0.490. The van der Waals surface area contributed by atoms with Gasteiger partial charge >= 0.3 is 0 Å². The molecule has 0 aromatic carbocycles. The minimum Gasteiger partial charge on any atom is -1.00 e. The third kappa shape index (κ3) is 18.2. The largest absolute Gasteiger partial charge is 1.00 e. The van der Waals surface area contributed by atoms with Gasteiger partial charge in [0, 0.05) is 19.5 Å². The number of hydrogen-bond acceptors (Lipinski definition) is 0. The van der Waals surface area contributed by atoms with Crippen molar-refractivity contribution in [3.05, 3.63) is 6.92 Å². The summed E-state index contributed by atoms with van der Waals surface area (Å²) in [7, 11) is 0. The Morgan fingerprint density at radius 3 is 1.82 bits per heavy atom. The summed E-state index contributed by atoms with van der Waals surface area (Å²) in [4.78, 5) is 0. The van der Waals surface area contributed by atoms with Gasteiger partial charge in [0.15, 0.2) is 0 Å². The Balaban J connectivity index is -0.000000320. The van der Waals surface area contributed by atoms with Gasteiger partial charge in [-0.2, -0.15) is 0 Å². The van der Waals surface area contributed by atoms with Crippen LogP contribution in [0.15, 0.2) is 0 Å². The number of rotatable bonds is 6. The van der Waals surface area contributed by atoms with E-state index in [-0.39, 0.29) is 36.5 Å². The van der Waals surface area contributed by atoms with Crippen molar-refractivity contribution in [2.45, 2.75) is 51.9 Å². The molecule has 0 aliphatic carbocycles. The van der Waals surface area contributed by atoms with Gasteiger partial charge in [-0.1, -0.05) is 58.8 Å². The smallest absolute Gasteiger partial charge is 0 e. The predicted molar refractivity (Wildman–Crippen MR) is 43.4 cm³/mol. The Bertz CT molecular complexity index is 42.8. The molecule has 0 aromatic rings. The van der Waals surface area contributed by atoms with Crippen molar-refractivity contribution in [3.63, 3.8) is 0 Å². The van der Waals surface area contributed by atoms with Crippen LogP contribution in [0, 0.1) is 6.92 Å². The predicted octanol–water partition coefficient (Wildman–Crippen LogP) is 0.573. The first-order chi connectivity index (χ1) is 4.41. The van der Waals surface area contributed by atoms with Gasteiger partial charge in [-0.3, -0.25) is 0 Å². The molecule has 2 heteroatoms. The van der Waals surface area contributed by atoms with Crippen molar-refractivity contribution in [1.29, 1.82) is 0 Å². The van der Waals surface area contributed by atoms with Gasteiger partial charge < -0.3 is 17.0 Å². The number of halogens is 1. The van der Waals surface area contributed by atoms with Gasteiger partial charge in [0.25, 0.3) is 0 Å². The van der Waals surface area contributed by atoms with Crippen LogP contribution in [0.1, 0.15) is 51.9 Å². The number of unbranched alkanes of at least 4 members (excludes halogenated alkanes) is 6. The van der Waals surface area contributed by atoms with Crippen LogP contribution in [0.25, 0.3) is 0 Å². The van der Waals surface area contributed by atoms with E-state index >= 15 is 0 Å². The van der Waals surface area contributed by atoms with Crippen LogP contribution in [0.5, 0.6) is 0 Å². The molecule has 0 atom stereocenters. The Kier molecular flexibility index (Phi) is 28.3. The fourth-order valence-corrected chi connectivity index (χ4v) is 0.957. The number of hydrogen-bond donors (Lipinski definition) is 0. The van der Waals surface area contributed by atoms with Gasteiger partial charge in [-0.25, -0.2) is 0 Å². The van der Waals surface area contributed by atoms with Crippen LogP contribution in [-0.4, -0.2) is 0 Å². The molecule has 0 spiro atoms. The fraction of sp³-hybridized carbons (Fsp3) is 0.889. The normalized spacial score (nSPS) is 8.18. The van der Waals surface area contributed by atoms with Crippen LogP contribution in [0.2, 0.25) is 0 Å². The summed E-state index contributed by atoms with van der Waals surface area (Å²) in [6, 6.07) is 0. The Hall–Kier alpha value is 1.10. The Morgan fingerprint density at radius 1 is 0.909 bits per heavy atom. The molecule has 0 saturated carbocycles. The van der Waals surface area contributed by atoms with Crippen LogP contribution in [0.4, 0.5) is 0 Å². The van der Waals surface area contributed by atoms with E-state index < -0.39 is 0 Å². The van der Waals surface area contributed by atoms with E-state index in [0.717, 1.165) is 6.42 Å². The molecule has 0 nitrogen and oxygen atoms in total. The maximum atomic E-state index is 3.80. The van der Waals surface area contributed by atoms with Crippen LogP contribution in [0.3, 0.4) is 0 Å². The molecule has 0 amide bonds. The minimum atomic E-state index is 0. The first kappa shape index (κ1) is 18.0. The molecule has 1 radical (unpaired) electrons. The Morgan fingerprint density at radius 2 is 1.36 bits per heavy atom. The summed E-state index contributed by atoms with van der Waals surface area (Å²) in [6.45, 7) is 6.05. The van der Waals surface area contributed by atoms with Gasteiger partial charge in [0.2, 0.25) is 0 Å². The third-order valence-corrected chi connectivity index (χ3v) is 1.60. The maximum absolute atomic E-state index is 3.80. The van der Waals surface area contributed by atoms with Gasteiger partial charge in [0.05, 0.1) is 0 Å². The third-order valence-electron chi connectivity index (χ3n) is 1.60. The zero-order valence-electron chi connectivity index (χ0n) is 7.74. The van der Waals surface area contributed by atoms with Crippen molar-refractivity contribution in [1.82, 2.24) is 0 Å². The van der Waals surface area contributed by atoms with Gasteiger partial charge in [0.1, 0.15) is 0 Å². The summed E-state index contributed by atoms with van der Waals surface area (Å²) in [5.74, 6) is 0. The van der Waals surface area contributed by atoms with Crippen LogP contribution < -0.4 is 17.0 Å². The molecular formula is C9H19BrZn-. The molecule has 0 aliphatic heterocycles. The monoisotopic (exact) mass is 270 g/mol. The molecule has 0 saturated heterocycles. The van der Waals surface area contributed by atoms with E-state index in [1.54, 1.807) is 0 Å². The minimum absolute atomic E-state index is 0. The standard InChI is InChI=1S/C9H19.BrH.Zn/c1-3-5-7-9-8-6-4-2;;/h1,3-9H2,2H3;1H;/p-1. The SMILES string of the molecule is [Br-].[CH2]CCCCCCCC.[Zn]. The molecular weight excluding hydrogens is 253 g/mol. The molecule has 0 unspecified atom stereocenters. The molecule has 0 aromatic heterocycles. The van der Waals surface area contributed by atoms with E-state index in [0.29, 0.717) is 0 Å². The van der Waals surface area contributed by atoms with Crippen LogP contribution >= 0.6 is 0 Å². The van der Waals surface area contributed by atoms with Crippen molar-refractivity contribution in [2.24, 2.45) is 0 Å². The zero-order valence-corrected chi connectivity index (χ0v) is 12.3. The zero-order chi connectivity index (χ0) is 6.95. The summed E-state index contributed by atoms with van der Waals surface area (Å²) >= 11 is 0. The molecule has 0 N–H and O–H groups in total. The van der Waals surface area contributed by atoms with E-state index in [9.17, 15) is 0 Å². The van der Waals surface area contributed by atoms with E-state index in [1.807, 2.05) is 0 Å². The van der Waals surface area contributed by atoms with E-state index in [4.69, 9.17) is 0 Å².